The number of aryl methyl sites for hydroxylation is 1. The zero-order valence-electron chi connectivity index (χ0n) is 12.3. The number of rotatable bonds is 5. The molecule has 2 N–H and O–H groups in total. The van der Waals surface area contributed by atoms with Crippen molar-refractivity contribution >= 4 is 23.1 Å². The number of thiophene rings is 1. The van der Waals surface area contributed by atoms with Gasteiger partial charge in [0.05, 0.1) is 12.0 Å². The van der Waals surface area contributed by atoms with Crippen molar-refractivity contribution in [2.45, 2.75) is 17.8 Å². The summed E-state index contributed by atoms with van der Waals surface area (Å²) in [5, 5.41) is 11.0. The molecule has 1 aromatic carbocycles. The molecule has 0 spiro atoms. The van der Waals surface area contributed by atoms with E-state index in [0.717, 1.165) is 21.9 Å². The van der Waals surface area contributed by atoms with E-state index in [9.17, 15) is 0 Å². The van der Waals surface area contributed by atoms with Crippen LogP contribution >= 0.6 is 23.1 Å². The number of ether oxygens (including phenoxy) is 1. The van der Waals surface area contributed by atoms with Crippen molar-refractivity contribution in [1.29, 1.82) is 0 Å². The fraction of sp³-hybridized carbons (Fsp3) is 0.200. The van der Waals surface area contributed by atoms with Crippen molar-refractivity contribution in [2.75, 3.05) is 13.0 Å². The van der Waals surface area contributed by atoms with Crippen molar-refractivity contribution in [3.05, 3.63) is 46.8 Å². The second-order valence-corrected chi connectivity index (χ2v) is 6.65. The fourth-order valence-corrected chi connectivity index (χ4v) is 3.65. The molecule has 0 aliphatic heterocycles. The predicted molar refractivity (Wildman–Crippen MR) is 90.8 cm³/mol. The SMILES string of the molecule is COc1ccc(C)cc1CSc1nnc(-c2cccs2)n1N. The van der Waals surface area contributed by atoms with E-state index in [0.29, 0.717) is 11.0 Å². The van der Waals surface area contributed by atoms with Crippen LogP contribution in [0, 0.1) is 6.92 Å². The minimum atomic E-state index is 0.687. The first-order valence-corrected chi connectivity index (χ1v) is 8.56. The van der Waals surface area contributed by atoms with Gasteiger partial charge in [0, 0.05) is 11.3 Å². The number of nitrogens with two attached hydrogens (primary N) is 1. The summed E-state index contributed by atoms with van der Waals surface area (Å²) in [5.41, 5.74) is 2.32. The van der Waals surface area contributed by atoms with Gasteiger partial charge < -0.3 is 10.6 Å². The number of methoxy groups -OCH3 is 1. The Bertz CT molecular complexity index is 768. The molecule has 3 aromatic rings. The lowest BCUT2D eigenvalue weighted by Crippen LogP contribution is -2.11. The van der Waals surface area contributed by atoms with E-state index < -0.39 is 0 Å². The molecule has 0 amide bonds. The Labute approximate surface area is 137 Å². The van der Waals surface area contributed by atoms with Crippen LogP contribution in [0.2, 0.25) is 0 Å². The molecule has 22 heavy (non-hydrogen) atoms. The van der Waals surface area contributed by atoms with Gasteiger partial charge in [-0.3, -0.25) is 0 Å². The van der Waals surface area contributed by atoms with Crippen LogP contribution in [0.5, 0.6) is 5.75 Å². The van der Waals surface area contributed by atoms with E-state index in [1.54, 1.807) is 34.9 Å². The molecule has 0 saturated heterocycles. The smallest absolute Gasteiger partial charge is 0.210 e. The molecule has 2 heterocycles. The lowest BCUT2D eigenvalue weighted by atomic mass is 10.1. The normalized spacial score (nSPS) is 10.8. The summed E-state index contributed by atoms with van der Waals surface area (Å²) in [6.45, 7) is 2.06. The van der Waals surface area contributed by atoms with Crippen LogP contribution in [-0.2, 0) is 5.75 Å². The van der Waals surface area contributed by atoms with E-state index in [-0.39, 0.29) is 0 Å². The Morgan fingerprint density at radius 1 is 1.32 bits per heavy atom. The molecule has 114 valence electrons. The first-order valence-electron chi connectivity index (χ1n) is 6.69. The maximum atomic E-state index is 6.11. The van der Waals surface area contributed by atoms with E-state index in [4.69, 9.17) is 10.6 Å². The Morgan fingerprint density at radius 2 is 2.18 bits per heavy atom. The van der Waals surface area contributed by atoms with Crippen molar-refractivity contribution in [3.63, 3.8) is 0 Å². The number of aromatic nitrogens is 3. The molecule has 0 radical (unpaired) electrons. The Balaban J connectivity index is 1.79. The Kier molecular flexibility index (Phi) is 4.35. The van der Waals surface area contributed by atoms with Gasteiger partial charge in [-0.2, -0.15) is 0 Å². The molecule has 7 heteroatoms. The van der Waals surface area contributed by atoms with Crippen molar-refractivity contribution < 1.29 is 4.74 Å². The highest BCUT2D eigenvalue weighted by Crippen LogP contribution is 2.30. The molecule has 3 rings (SSSR count). The first-order chi connectivity index (χ1) is 10.7. The first kappa shape index (κ1) is 14.9. The maximum Gasteiger partial charge on any atom is 0.210 e. The van der Waals surface area contributed by atoms with E-state index >= 15 is 0 Å². The zero-order valence-corrected chi connectivity index (χ0v) is 13.9. The van der Waals surface area contributed by atoms with Gasteiger partial charge in [-0.05, 0) is 24.4 Å². The summed E-state index contributed by atoms with van der Waals surface area (Å²) in [6.07, 6.45) is 0. The lowest BCUT2D eigenvalue weighted by Gasteiger charge is -2.09. The van der Waals surface area contributed by atoms with E-state index in [2.05, 4.69) is 23.2 Å². The summed E-state index contributed by atoms with van der Waals surface area (Å²) in [5.74, 6) is 8.40. The molecular formula is C15H16N4OS2. The third-order valence-electron chi connectivity index (χ3n) is 3.20. The molecule has 0 bridgehead atoms. The fourth-order valence-electron chi connectivity index (χ4n) is 2.11. The van der Waals surface area contributed by atoms with Crippen LogP contribution in [0.4, 0.5) is 0 Å². The van der Waals surface area contributed by atoms with Crippen molar-refractivity contribution in [2.24, 2.45) is 0 Å². The molecule has 0 atom stereocenters. The van der Waals surface area contributed by atoms with Crippen LogP contribution < -0.4 is 10.6 Å². The van der Waals surface area contributed by atoms with Gasteiger partial charge in [0.2, 0.25) is 5.16 Å². The second-order valence-electron chi connectivity index (χ2n) is 4.76. The Hall–Kier alpha value is -1.99. The van der Waals surface area contributed by atoms with Gasteiger partial charge in [-0.15, -0.1) is 21.5 Å². The molecule has 0 aliphatic carbocycles. The second kappa shape index (κ2) is 6.41. The number of hydrogen-bond donors (Lipinski definition) is 1. The lowest BCUT2D eigenvalue weighted by molar-refractivity contribution is 0.411. The molecule has 0 fully saturated rings. The highest BCUT2D eigenvalue weighted by molar-refractivity contribution is 7.98. The molecule has 0 unspecified atom stereocenters. The largest absolute Gasteiger partial charge is 0.496 e. The van der Waals surface area contributed by atoms with Crippen LogP contribution in [0.15, 0.2) is 40.9 Å². The molecule has 2 aromatic heterocycles. The van der Waals surface area contributed by atoms with Crippen LogP contribution in [0.25, 0.3) is 10.7 Å². The summed E-state index contributed by atoms with van der Waals surface area (Å²) in [4.78, 5) is 1.01. The third-order valence-corrected chi connectivity index (χ3v) is 5.06. The highest BCUT2D eigenvalue weighted by Gasteiger charge is 2.14. The summed E-state index contributed by atoms with van der Waals surface area (Å²) in [6, 6.07) is 10.1. The quantitative estimate of drug-likeness (QED) is 0.573. The van der Waals surface area contributed by atoms with Crippen molar-refractivity contribution in [3.8, 4) is 16.5 Å². The average Bonchev–Trinajstić information content (AvgIpc) is 3.15. The Morgan fingerprint density at radius 3 is 2.91 bits per heavy atom. The number of thioether (sulfide) groups is 1. The zero-order chi connectivity index (χ0) is 15.5. The van der Waals surface area contributed by atoms with Crippen molar-refractivity contribution in [1.82, 2.24) is 14.9 Å². The van der Waals surface area contributed by atoms with Crippen LogP contribution in [-0.4, -0.2) is 22.0 Å². The summed E-state index contributed by atoms with van der Waals surface area (Å²) >= 11 is 3.14. The van der Waals surface area contributed by atoms with Gasteiger partial charge in [0.1, 0.15) is 5.75 Å². The number of hydrogen-bond acceptors (Lipinski definition) is 6. The van der Waals surface area contributed by atoms with E-state index in [1.807, 2.05) is 29.6 Å². The molecular weight excluding hydrogens is 316 g/mol. The minimum Gasteiger partial charge on any atom is -0.496 e. The standard InChI is InChI=1S/C15H16N4OS2/c1-10-5-6-12(20-2)11(8-10)9-22-15-18-17-14(19(15)16)13-4-3-7-21-13/h3-8H,9,16H2,1-2H3. The van der Waals surface area contributed by atoms with Crippen LogP contribution in [0.1, 0.15) is 11.1 Å². The minimum absolute atomic E-state index is 0.687. The van der Waals surface area contributed by atoms with Gasteiger partial charge >= 0.3 is 0 Å². The summed E-state index contributed by atoms with van der Waals surface area (Å²) < 4.78 is 6.94. The number of nitrogen functional groups attached to an aromatic ring is 1. The summed E-state index contributed by atoms with van der Waals surface area (Å²) in [7, 11) is 1.68. The molecule has 5 nitrogen and oxygen atoms in total. The third kappa shape index (κ3) is 2.95. The van der Waals surface area contributed by atoms with Gasteiger partial charge in [0.15, 0.2) is 5.82 Å². The van der Waals surface area contributed by atoms with Gasteiger partial charge in [0.25, 0.3) is 0 Å². The topological polar surface area (TPSA) is 66.0 Å². The van der Waals surface area contributed by atoms with Gasteiger partial charge in [-0.25, -0.2) is 4.68 Å². The molecule has 0 saturated carbocycles. The van der Waals surface area contributed by atoms with Crippen LogP contribution in [0.3, 0.4) is 0 Å². The highest BCUT2D eigenvalue weighted by atomic mass is 32.2. The van der Waals surface area contributed by atoms with Gasteiger partial charge in [-0.1, -0.05) is 35.5 Å². The number of benzene rings is 1. The number of nitrogens with zero attached hydrogens (tertiary/aromatic N) is 3. The van der Waals surface area contributed by atoms with E-state index in [1.165, 1.54) is 5.56 Å². The average molecular weight is 332 g/mol. The predicted octanol–water partition coefficient (Wildman–Crippen LogP) is 3.33. The monoisotopic (exact) mass is 332 g/mol. The molecule has 0 aliphatic rings. The maximum absolute atomic E-state index is 6.11.